The van der Waals surface area contributed by atoms with Crippen LogP contribution in [0, 0.1) is 0 Å². The Morgan fingerprint density at radius 3 is 2.81 bits per heavy atom. The van der Waals surface area contributed by atoms with E-state index in [9.17, 15) is 0 Å². The maximum Gasteiger partial charge on any atom is 0.162 e. The van der Waals surface area contributed by atoms with E-state index in [1.54, 1.807) is 24.6 Å². The zero-order valence-corrected chi connectivity index (χ0v) is 12.8. The van der Waals surface area contributed by atoms with Crippen LogP contribution in [0.1, 0.15) is 17.6 Å². The molecule has 2 aromatic heterocycles. The molecule has 0 radical (unpaired) electrons. The van der Waals surface area contributed by atoms with Gasteiger partial charge in [0, 0.05) is 23.2 Å². The fourth-order valence-electron chi connectivity index (χ4n) is 2.10. The number of hydrogen-bond acceptors (Lipinski definition) is 5. The molecular formula is C16H16N2O2S. The number of hydrogen-bond donors (Lipinski definition) is 0. The summed E-state index contributed by atoms with van der Waals surface area (Å²) in [6.45, 7) is 2.54. The molecule has 0 aliphatic rings. The van der Waals surface area contributed by atoms with Crippen molar-refractivity contribution in [2.24, 2.45) is 0 Å². The van der Waals surface area contributed by atoms with E-state index in [1.165, 1.54) is 0 Å². The van der Waals surface area contributed by atoms with E-state index in [2.05, 4.69) is 16.9 Å². The maximum absolute atomic E-state index is 5.87. The van der Waals surface area contributed by atoms with Crippen molar-refractivity contribution < 1.29 is 9.47 Å². The van der Waals surface area contributed by atoms with Gasteiger partial charge in [-0.2, -0.15) is 0 Å². The van der Waals surface area contributed by atoms with Crippen LogP contribution in [-0.4, -0.2) is 17.1 Å². The summed E-state index contributed by atoms with van der Waals surface area (Å²) in [6, 6.07) is 5.87. The molecule has 0 atom stereocenters. The van der Waals surface area contributed by atoms with Crippen LogP contribution in [0.4, 0.5) is 0 Å². The molecule has 0 N–H and O–H groups in total. The van der Waals surface area contributed by atoms with Crippen molar-refractivity contribution in [3.8, 4) is 11.5 Å². The number of nitrogens with zero attached hydrogens (tertiary/aromatic N) is 2. The summed E-state index contributed by atoms with van der Waals surface area (Å²) >= 11 is 1.66. The number of fused-ring (bicyclic) bond motifs is 1. The van der Waals surface area contributed by atoms with Crippen molar-refractivity contribution in [2.75, 3.05) is 7.11 Å². The lowest BCUT2D eigenvalue weighted by atomic mass is 10.1. The van der Waals surface area contributed by atoms with Crippen molar-refractivity contribution in [1.82, 2.24) is 9.97 Å². The van der Waals surface area contributed by atoms with Gasteiger partial charge >= 0.3 is 0 Å². The standard InChI is InChI=1S/C16H16N2O2S/c1-3-16-18-13(10-21-16)9-20-15-7-12-8-17-5-4-11(12)6-14(15)19-2/h4-8,10H,3,9H2,1-2H3. The first-order chi connectivity index (χ1) is 10.3. The second-order valence-corrected chi connectivity index (χ2v) is 5.54. The number of aryl methyl sites for hydroxylation is 1. The average molecular weight is 300 g/mol. The summed E-state index contributed by atoms with van der Waals surface area (Å²) in [5, 5.41) is 5.27. The zero-order valence-electron chi connectivity index (χ0n) is 12.0. The number of benzene rings is 1. The summed E-state index contributed by atoms with van der Waals surface area (Å²) in [7, 11) is 1.65. The third-order valence-corrected chi connectivity index (χ3v) is 4.24. The Hall–Kier alpha value is -2.14. The number of ether oxygens (including phenoxy) is 2. The Kier molecular flexibility index (Phi) is 4.01. The average Bonchev–Trinajstić information content (AvgIpc) is 3.00. The summed E-state index contributed by atoms with van der Waals surface area (Å²) < 4.78 is 11.3. The Labute approximate surface area is 127 Å². The monoisotopic (exact) mass is 300 g/mol. The minimum absolute atomic E-state index is 0.443. The number of pyridine rings is 1. The SMILES string of the molecule is CCc1nc(COc2cc3cnccc3cc2OC)cs1. The molecule has 3 aromatic rings. The van der Waals surface area contributed by atoms with Gasteiger partial charge in [0.1, 0.15) is 6.61 Å². The molecule has 0 unspecified atom stereocenters. The second-order valence-electron chi connectivity index (χ2n) is 4.60. The predicted octanol–water partition coefficient (Wildman–Crippen LogP) is 3.84. The van der Waals surface area contributed by atoms with Gasteiger partial charge in [-0.05, 0) is 30.0 Å². The molecule has 3 rings (SSSR count). The van der Waals surface area contributed by atoms with Gasteiger partial charge in [0.25, 0.3) is 0 Å². The Morgan fingerprint density at radius 2 is 2.05 bits per heavy atom. The number of aromatic nitrogens is 2. The molecule has 0 bridgehead atoms. The van der Waals surface area contributed by atoms with E-state index < -0.39 is 0 Å². The molecule has 0 saturated carbocycles. The molecule has 0 aliphatic carbocycles. The Bertz CT molecular complexity index is 755. The van der Waals surface area contributed by atoms with E-state index in [0.29, 0.717) is 12.4 Å². The van der Waals surface area contributed by atoms with Crippen LogP contribution in [0.5, 0.6) is 11.5 Å². The topological polar surface area (TPSA) is 44.2 Å². The van der Waals surface area contributed by atoms with E-state index in [4.69, 9.17) is 9.47 Å². The molecule has 0 saturated heterocycles. The fraction of sp³-hybridized carbons (Fsp3) is 0.250. The fourth-order valence-corrected chi connectivity index (χ4v) is 2.83. The normalized spacial score (nSPS) is 10.8. The molecule has 2 heterocycles. The summed E-state index contributed by atoms with van der Waals surface area (Å²) in [5.74, 6) is 1.43. The van der Waals surface area contributed by atoms with Crippen molar-refractivity contribution in [1.29, 1.82) is 0 Å². The minimum Gasteiger partial charge on any atom is -0.493 e. The highest BCUT2D eigenvalue weighted by Gasteiger charge is 2.08. The third kappa shape index (κ3) is 2.97. The number of methoxy groups -OCH3 is 1. The molecule has 4 nitrogen and oxygen atoms in total. The van der Waals surface area contributed by atoms with E-state index >= 15 is 0 Å². The summed E-state index contributed by atoms with van der Waals surface area (Å²) in [6.07, 6.45) is 4.54. The van der Waals surface area contributed by atoms with Gasteiger partial charge in [-0.3, -0.25) is 4.98 Å². The molecule has 0 aliphatic heterocycles. The molecule has 0 amide bonds. The molecule has 108 valence electrons. The first kappa shape index (κ1) is 13.8. The van der Waals surface area contributed by atoms with Gasteiger partial charge < -0.3 is 9.47 Å². The van der Waals surface area contributed by atoms with E-state index in [1.807, 2.05) is 29.8 Å². The van der Waals surface area contributed by atoms with Crippen LogP contribution in [0.3, 0.4) is 0 Å². The third-order valence-electron chi connectivity index (χ3n) is 3.20. The highest BCUT2D eigenvalue weighted by molar-refractivity contribution is 7.09. The molecule has 1 aromatic carbocycles. The maximum atomic E-state index is 5.87. The minimum atomic E-state index is 0.443. The largest absolute Gasteiger partial charge is 0.493 e. The number of thiazole rings is 1. The highest BCUT2D eigenvalue weighted by Crippen LogP contribution is 2.32. The first-order valence-corrected chi connectivity index (χ1v) is 7.66. The number of rotatable bonds is 5. The van der Waals surface area contributed by atoms with Crippen molar-refractivity contribution in [3.63, 3.8) is 0 Å². The van der Waals surface area contributed by atoms with Crippen molar-refractivity contribution in [2.45, 2.75) is 20.0 Å². The van der Waals surface area contributed by atoms with Crippen LogP contribution < -0.4 is 9.47 Å². The molecular weight excluding hydrogens is 284 g/mol. The molecule has 5 heteroatoms. The van der Waals surface area contributed by atoms with Gasteiger partial charge in [-0.15, -0.1) is 11.3 Å². The van der Waals surface area contributed by atoms with Gasteiger partial charge in [0.2, 0.25) is 0 Å². The lowest BCUT2D eigenvalue weighted by Crippen LogP contribution is -1.98. The van der Waals surface area contributed by atoms with E-state index in [0.717, 1.165) is 33.6 Å². The quantitative estimate of drug-likeness (QED) is 0.718. The second kappa shape index (κ2) is 6.10. The van der Waals surface area contributed by atoms with E-state index in [-0.39, 0.29) is 0 Å². The van der Waals surface area contributed by atoms with Gasteiger partial charge in [0.05, 0.1) is 17.8 Å². The Balaban J connectivity index is 1.85. The van der Waals surface area contributed by atoms with Gasteiger partial charge in [-0.25, -0.2) is 4.98 Å². The van der Waals surface area contributed by atoms with Crippen LogP contribution >= 0.6 is 11.3 Å². The molecule has 0 fully saturated rings. The van der Waals surface area contributed by atoms with Crippen LogP contribution in [0.2, 0.25) is 0 Å². The van der Waals surface area contributed by atoms with Crippen molar-refractivity contribution >= 4 is 22.1 Å². The van der Waals surface area contributed by atoms with Crippen LogP contribution in [-0.2, 0) is 13.0 Å². The van der Waals surface area contributed by atoms with Crippen LogP contribution in [0.15, 0.2) is 36.0 Å². The summed E-state index contributed by atoms with van der Waals surface area (Å²) in [5.41, 5.74) is 0.949. The van der Waals surface area contributed by atoms with Gasteiger partial charge in [-0.1, -0.05) is 6.92 Å². The zero-order chi connectivity index (χ0) is 14.7. The van der Waals surface area contributed by atoms with Crippen molar-refractivity contribution in [3.05, 3.63) is 46.7 Å². The predicted molar refractivity (Wildman–Crippen MR) is 84.1 cm³/mol. The smallest absolute Gasteiger partial charge is 0.162 e. The lowest BCUT2D eigenvalue weighted by molar-refractivity contribution is 0.282. The van der Waals surface area contributed by atoms with Gasteiger partial charge in [0.15, 0.2) is 11.5 Å². The molecule has 21 heavy (non-hydrogen) atoms. The first-order valence-electron chi connectivity index (χ1n) is 6.78. The highest BCUT2D eigenvalue weighted by atomic mass is 32.1. The molecule has 0 spiro atoms. The van der Waals surface area contributed by atoms with Crippen LogP contribution in [0.25, 0.3) is 10.8 Å². The summed E-state index contributed by atoms with van der Waals surface area (Å²) in [4.78, 5) is 8.64. The Morgan fingerprint density at radius 1 is 1.19 bits per heavy atom. The lowest BCUT2D eigenvalue weighted by Gasteiger charge is -2.11.